The summed E-state index contributed by atoms with van der Waals surface area (Å²) in [5, 5.41) is 7.24. The van der Waals surface area contributed by atoms with E-state index in [1.807, 2.05) is 43.3 Å². The van der Waals surface area contributed by atoms with Crippen LogP contribution < -0.4 is 21.3 Å². The first-order valence-corrected chi connectivity index (χ1v) is 19.2. The Labute approximate surface area is 316 Å². The number of nitrogens with zero attached hydrogens (tertiary/aromatic N) is 8. The third kappa shape index (κ3) is 6.89. The summed E-state index contributed by atoms with van der Waals surface area (Å²) >= 11 is 0. The van der Waals surface area contributed by atoms with Crippen LogP contribution in [0.25, 0.3) is 5.70 Å². The van der Waals surface area contributed by atoms with Gasteiger partial charge in [0, 0.05) is 48.0 Å². The third-order valence-electron chi connectivity index (χ3n) is 10.8. The molecular weight excluding hydrogens is 671 g/mol. The van der Waals surface area contributed by atoms with Crippen LogP contribution in [0.1, 0.15) is 85.1 Å². The average molecular weight is 716 g/mol. The van der Waals surface area contributed by atoms with Crippen LogP contribution in [-0.2, 0) is 0 Å². The summed E-state index contributed by atoms with van der Waals surface area (Å²) in [5.41, 5.74) is 17.2. The summed E-state index contributed by atoms with van der Waals surface area (Å²) in [6, 6.07) is 21.5. The van der Waals surface area contributed by atoms with Crippen molar-refractivity contribution in [2.24, 2.45) is 25.7 Å². The Hall–Kier alpha value is -6.10. The highest BCUT2D eigenvalue weighted by molar-refractivity contribution is 6.25. The highest BCUT2D eigenvalue weighted by atomic mass is 15.4. The molecule has 2 fully saturated rings. The van der Waals surface area contributed by atoms with Crippen LogP contribution in [0.4, 0.5) is 28.7 Å². The minimum absolute atomic E-state index is 0.114. The van der Waals surface area contributed by atoms with Gasteiger partial charge in [-0.15, -0.1) is 0 Å². The number of anilines is 5. The average Bonchev–Trinajstić information content (AvgIpc) is 3.20. The summed E-state index contributed by atoms with van der Waals surface area (Å²) in [7, 11) is 0. The molecule has 0 bridgehead atoms. The predicted molar refractivity (Wildman–Crippen MR) is 220 cm³/mol. The molecule has 5 aliphatic rings. The van der Waals surface area contributed by atoms with Gasteiger partial charge >= 0.3 is 0 Å². The number of nitrogens with two attached hydrogens (primary N) is 1. The largest absolute Gasteiger partial charge is 0.371 e. The van der Waals surface area contributed by atoms with Crippen LogP contribution in [0.15, 0.2) is 111 Å². The molecule has 6 heterocycles. The number of nitrogens with one attached hydrogen (secondary N) is 2. The van der Waals surface area contributed by atoms with Crippen molar-refractivity contribution in [1.82, 2.24) is 14.9 Å². The lowest BCUT2D eigenvalue weighted by molar-refractivity contribution is 0.444. The number of piperidine rings is 1. The van der Waals surface area contributed by atoms with Gasteiger partial charge in [0.15, 0.2) is 0 Å². The Bertz CT molecular complexity index is 2150. The minimum atomic E-state index is 0.114. The number of guanidine groups is 3. The van der Waals surface area contributed by atoms with Crippen molar-refractivity contribution in [2.75, 3.05) is 28.6 Å². The number of hydrogen-bond acceptors (Lipinski definition) is 11. The van der Waals surface area contributed by atoms with E-state index in [1.165, 1.54) is 62.6 Å². The molecule has 1 aliphatic carbocycles. The molecule has 4 aromatic rings. The van der Waals surface area contributed by atoms with Crippen molar-refractivity contribution in [3.05, 3.63) is 119 Å². The van der Waals surface area contributed by atoms with E-state index in [-0.39, 0.29) is 5.96 Å². The number of benzene rings is 2. The Morgan fingerprint density at radius 2 is 1.31 bits per heavy atom. The lowest BCUT2D eigenvalue weighted by atomic mass is 9.83. The first-order chi connectivity index (χ1) is 26.4. The van der Waals surface area contributed by atoms with E-state index in [0.29, 0.717) is 17.8 Å². The van der Waals surface area contributed by atoms with E-state index in [9.17, 15) is 0 Å². The molecule has 2 aromatic heterocycles. The zero-order valence-corrected chi connectivity index (χ0v) is 30.9. The molecule has 9 rings (SSSR count). The molecule has 54 heavy (non-hydrogen) atoms. The molecule has 0 spiro atoms. The van der Waals surface area contributed by atoms with E-state index in [1.54, 1.807) is 0 Å². The van der Waals surface area contributed by atoms with Gasteiger partial charge < -0.3 is 21.3 Å². The minimum Gasteiger partial charge on any atom is -0.371 e. The molecule has 0 amide bonds. The summed E-state index contributed by atoms with van der Waals surface area (Å²) < 4.78 is 0. The highest BCUT2D eigenvalue weighted by Crippen LogP contribution is 2.39. The quantitative estimate of drug-likeness (QED) is 0.166. The van der Waals surface area contributed by atoms with E-state index in [4.69, 9.17) is 15.7 Å². The Morgan fingerprint density at radius 1 is 0.648 bits per heavy atom. The maximum Gasteiger partial charge on any atom is 0.240 e. The Morgan fingerprint density at radius 3 is 2.02 bits per heavy atom. The lowest BCUT2D eigenvalue weighted by Crippen LogP contribution is -2.43. The molecule has 272 valence electrons. The number of allylic oxidation sites excluding steroid dienone is 2. The van der Waals surface area contributed by atoms with E-state index >= 15 is 0 Å². The molecule has 4 N–H and O–H groups in total. The Balaban J connectivity index is 1.13. The van der Waals surface area contributed by atoms with Crippen molar-refractivity contribution in [3.63, 3.8) is 0 Å². The molecular formula is C43H45N11. The van der Waals surface area contributed by atoms with Crippen LogP contribution >= 0.6 is 0 Å². The van der Waals surface area contributed by atoms with Gasteiger partial charge in [-0.3, -0.25) is 0 Å². The molecule has 11 heteroatoms. The van der Waals surface area contributed by atoms with E-state index in [0.717, 1.165) is 75.5 Å². The topological polar surface area (TPSA) is 132 Å². The van der Waals surface area contributed by atoms with Gasteiger partial charge in [0.1, 0.15) is 11.6 Å². The van der Waals surface area contributed by atoms with Gasteiger partial charge in [0.2, 0.25) is 17.9 Å². The molecule has 11 nitrogen and oxygen atoms in total. The second kappa shape index (κ2) is 14.4. The van der Waals surface area contributed by atoms with Gasteiger partial charge in [-0.1, -0.05) is 43.5 Å². The van der Waals surface area contributed by atoms with Crippen molar-refractivity contribution >= 4 is 58.0 Å². The highest BCUT2D eigenvalue weighted by Gasteiger charge is 2.33. The molecule has 0 radical (unpaired) electrons. The number of aromatic nitrogens is 2. The maximum absolute atomic E-state index is 6.34. The zero-order valence-electron chi connectivity index (χ0n) is 30.9. The van der Waals surface area contributed by atoms with Gasteiger partial charge in [-0.05, 0) is 117 Å². The van der Waals surface area contributed by atoms with Crippen molar-refractivity contribution in [1.29, 1.82) is 0 Å². The third-order valence-corrected chi connectivity index (χ3v) is 10.8. The molecule has 0 atom stereocenters. The van der Waals surface area contributed by atoms with Crippen LogP contribution in [0, 0.1) is 13.8 Å². The van der Waals surface area contributed by atoms with Crippen molar-refractivity contribution in [2.45, 2.75) is 71.1 Å². The van der Waals surface area contributed by atoms with Gasteiger partial charge in [-0.2, -0.15) is 9.98 Å². The summed E-state index contributed by atoms with van der Waals surface area (Å²) in [4.78, 5) is 33.0. The fourth-order valence-electron chi connectivity index (χ4n) is 7.95. The SMILES string of the molecule is Cc1ccc(Nc2cc(C3CCCCC3)ccc2C2=CC3=CC(c4ccc(N5CCCCC5)cc4Nc4ccc(C)cn4)=NC4=NC(N)=NC(=N2)N34)nc1. The summed E-state index contributed by atoms with van der Waals surface area (Å²) in [6.07, 6.45) is 17.9. The van der Waals surface area contributed by atoms with Gasteiger partial charge in [-0.25, -0.2) is 24.9 Å². The number of rotatable bonds is 8. The van der Waals surface area contributed by atoms with E-state index < -0.39 is 0 Å². The molecule has 1 saturated carbocycles. The second-order valence-corrected chi connectivity index (χ2v) is 14.8. The van der Waals surface area contributed by atoms with Crippen LogP contribution in [-0.4, -0.2) is 51.5 Å². The number of hydrogen-bond donors (Lipinski definition) is 3. The van der Waals surface area contributed by atoms with Gasteiger partial charge in [0.25, 0.3) is 0 Å². The fourth-order valence-corrected chi connectivity index (χ4v) is 7.95. The van der Waals surface area contributed by atoms with Gasteiger partial charge in [0.05, 0.1) is 22.8 Å². The first kappa shape index (κ1) is 33.7. The van der Waals surface area contributed by atoms with E-state index in [2.05, 4.69) is 96.2 Å². The van der Waals surface area contributed by atoms with Crippen LogP contribution in [0.3, 0.4) is 0 Å². The first-order valence-electron chi connectivity index (χ1n) is 19.2. The standard InChI is InChI=1S/C43H45N11/c1-27-11-17-39(45-25-27)47-35-21-30(29-9-5-3-6-10-29)13-15-33(35)37-23-32-24-38(50-43-52-41(44)51-42(49-37)54(32)43)34-16-14-31(53-19-7-4-8-20-53)22-36(34)48-40-18-12-28(2)26-46-40/h11-18,21-26,29H,3-10,19-20H2,1-2H3,(H,45,47)(H,46,48)(H2,44,49,50,51,52). The van der Waals surface area contributed by atoms with Crippen molar-refractivity contribution in [3.8, 4) is 0 Å². The molecule has 0 unspecified atom stereocenters. The van der Waals surface area contributed by atoms with Crippen molar-refractivity contribution < 1.29 is 0 Å². The monoisotopic (exact) mass is 715 g/mol. The zero-order chi connectivity index (χ0) is 36.6. The maximum atomic E-state index is 6.34. The lowest BCUT2D eigenvalue weighted by Gasteiger charge is -2.33. The summed E-state index contributed by atoms with van der Waals surface area (Å²) in [5.74, 6) is 3.07. The van der Waals surface area contributed by atoms with Crippen LogP contribution in [0.5, 0.6) is 0 Å². The number of aryl methyl sites for hydroxylation is 2. The molecule has 4 aliphatic heterocycles. The molecule has 2 aromatic carbocycles. The Kier molecular flexibility index (Phi) is 8.98. The molecule has 1 saturated heterocycles. The fraction of sp³-hybridized carbons (Fsp3) is 0.302. The van der Waals surface area contributed by atoms with Crippen LogP contribution in [0.2, 0.25) is 0 Å². The second-order valence-electron chi connectivity index (χ2n) is 14.8. The number of pyridine rings is 2. The predicted octanol–water partition coefficient (Wildman–Crippen LogP) is 8.70. The summed E-state index contributed by atoms with van der Waals surface area (Å²) in [6.45, 7) is 6.18. The smallest absolute Gasteiger partial charge is 0.240 e. The normalized spacial score (nSPS) is 18.4. The number of aliphatic imine (C=N–C) groups is 4.